The van der Waals surface area contributed by atoms with Crippen LogP contribution < -0.4 is 10.1 Å². The third-order valence-electron chi connectivity index (χ3n) is 2.28. The Balaban J connectivity index is 2.91. The van der Waals surface area contributed by atoms with Crippen LogP contribution in [0.4, 0.5) is 10.5 Å². The minimum atomic E-state index is -0.591. The van der Waals surface area contributed by atoms with E-state index in [-0.39, 0.29) is 11.7 Å². The average Bonchev–Trinajstić information content (AvgIpc) is 2.36. The summed E-state index contributed by atoms with van der Waals surface area (Å²) in [5.41, 5.74) is 0.255. The maximum atomic E-state index is 11.7. The van der Waals surface area contributed by atoms with Gasteiger partial charge in [-0.15, -0.1) is 11.6 Å². The standard InChI is InChI=1S/C14H18ClNO4/c1-14(2,3)20-13(18)16-10-6-5-9(11(17)8-15)7-12(10)19-4/h5-7H,8H2,1-4H3,(H,16,18). The normalized spacial score (nSPS) is 10.8. The number of ether oxygens (including phenoxy) is 2. The number of alkyl halides is 1. The number of amides is 1. The topological polar surface area (TPSA) is 64.6 Å². The molecule has 0 aromatic heterocycles. The second kappa shape index (κ2) is 6.61. The van der Waals surface area contributed by atoms with E-state index in [0.29, 0.717) is 17.0 Å². The minimum Gasteiger partial charge on any atom is -0.495 e. The molecule has 0 saturated carbocycles. The number of hydrogen-bond acceptors (Lipinski definition) is 4. The van der Waals surface area contributed by atoms with E-state index in [9.17, 15) is 9.59 Å². The number of methoxy groups -OCH3 is 1. The van der Waals surface area contributed by atoms with Gasteiger partial charge in [0.1, 0.15) is 11.4 Å². The van der Waals surface area contributed by atoms with E-state index in [0.717, 1.165) is 0 Å². The van der Waals surface area contributed by atoms with Gasteiger partial charge in [0.15, 0.2) is 5.78 Å². The van der Waals surface area contributed by atoms with Crippen LogP contribution in [0.15, 0.2) is 18.2 Å². The molecule has 0 aliphatic rings. The first kappa shape index (κ1) is 16.3. The van der Waals surface area contributed by atoms with Gasteiger partial charge in [-0.05, 0) is 39.0 Å². The lowest BCUT2D eigenvalue weighted by atomic mass is 10.1. The number of nitrogens with one attached hydrogen (secondary N) is 1. The summed E-state index contributed by atoms with van der Waals surface area (Å²) in [4.78, 5) is 23.2. The van der Waals surface area contributed by atoms with Gasteiger partial charge >= 0.3 is 6.09 Å². The number of carbonyl (C=O) groups excluding carboxylic acids is 2. The lowest BCUT2D eigenvalue weighted by molar-refractivity contribution is 0.0635. The van der Waals surface area contributed by atoms with E-state index in [1.165, 1.54) is 13.2 Å². The zero-order chi connectivity index (χ0) is 15.3. The summed E-state index contributed by atoms with van der Waals surface area (Å²) in [6.45, 7) is 5.31. The Kier molecular flexibility index (Phi) is 5.39. The molecule has 0 aliphatic carbocycles. The van der Waals surface area contributed by atoms with Gasteiger partial charge in [-0.2, -0.15) is 0 Å². The fourth-order valence-electron chi connectivity index (χ4n) is 1.46. The number of anilines is 1. The van der Waals surface area contributed by atoms with Crippen molar-refractivity contribution >= 4 is 29.2 Å². The highest BCUT2D eigenvalue weighted by Gasteiger charge is 2.18. The number of carbonyl (C=O) groups is 2. The highest BCUT2D eigenvalue weighted by atomic mass is 35.5. The van der Waals surface area contributed by atoms with E-state index in [4.69, 9.17) is 21.1 Å². The summed E-state index contributed by atoms with van der Waals surface area (Å²) >= 11 is 5.50. The van der Waals surface area contributed by atoms with Crippen molar-refractivity contribution in [3.8, 4) is 5.75 Å². The van der Waals surface area contributed by atoms with E-state index < -0.39 is 11.7 Å². The van der Waals surface area contributed by atoms with Crippen molar-refractivity contribution in [3.05, 3.63) is 23.8 Å². The smallest absolute Gasteiger partial charge is 0.412 e. The van der Waals surface area contributed by atoms with Crippen molar-refractivity contribution in [1.82, 2.24) is 0 Å². The summed E-state index contributed by atoms with van der Waals surface area (Å²) < 4.78 is 10.3. The second-order valence-corrected chi connectivity index (χ2v) is 5.37. The molecule has 0 radical (unpaired) electrons. The van der Waals surface area contributed by atoms with Crippen molar-refractivity contribution < 1.29 is 19.1 Å². The number of ketones is 1. The molecular weight excluding hydrogens is 282 g/mol. The Morgan fingerprint density at radius 1 is 1.30 bits per heavy atom. The van der Waals surface area contributed by atoms with Crippen molar-refractivity contribution in [1.29, 1.82) is 0 Å². The molecule has 1 amide bonds. The van der Waals surface area contributed by atoms with Crippen LogP contribution in [0.5, 0.6) is 5.75 Å². The molecule has 5 nitrogen and oxygen atoms in total. The predicted octanol–water partition coefficient (Wildman–Crippen LogP) is 3.46. The van der Waals surface area contributed by atoms with E-state index in [2.05, 4.69) is 5.32 Å². The van der Waals surface area contributed by atoms with Crippen LogP contribution in [-0.4, -0.2) is 30.5 Å². The van der Waals surface area contributed by atoms with Gasteiger partial charge in [0, 0.05) is 5.56 Å². The van der Waals surface area contributed by atoms with Crippen molar-refractivity contribution in [2.24, 2.45) is 0 Å². The zero-order valence-corrected chi connectivity index (χ0v) is 12.7. The molecule has 0 aliphatic heterocycles. The molecule has 0 saturated heterocycles. The Bertz CT molecular complexity index is 508. The molecule has 0 bridgehead atoms. The molecule has 1 aromatic carbocycles. The van der Waals surface area contributed by atoms with E-state index in [1.807, 2.05) is 0 Å². The SMILES string of the molecule is COc1cc(C(=O)CCl)ccc1NC(=O)OC(C)(C)C. The van der Waals surface area contributed by atoms with Crippen LogP contribution in [-0.2, 0) is 4.74 Å². The molecule has 110 valence electrons. The number of halogens is 1. The Hall–Kier alpha value is -1.75. The molecule has 0 fully saturated rings. The van der Waals surface area contributed by atoms with Crippen molar-refractivity contribution in [3.63, 3.8) is 0 Å². The number of benzene rings is 1. The Labute approximate surface area is 123 Å². The summed E-state index contributed by atoms with van der Waals surface area (Å²) in [7, 11) is 1.45. The first-order valence-corrected chi connectivity index (χ1v) is 6.57. The maximum absolute atomic E-state index is 11.7. The molecule has 6 heteroatoms. The van der Waals surface area contributed by atoms with Gasteiger partial charge < -0.3 is 9.47 Å². The van der Waals surface area contributed by atoms with E-state index >= 15 is 0 Å². The molecule has 0 spiro atoms. The van der Waals surface area contributed by atoms with Crippen LogP contribution >= 0.6 is 11.6 Å². The molecule has 20 heavy (non-hydrogen) atoms. The monoisotopic (exact) mass is 299 g/mol. The zero-order valence-electron chi connectivity index (χ0n) is 12.0. The first-order valence-electron chi connectivity index (χ1n) is 6.04. The van der Waals surface area contributed by atoms with E-state index in [1.54, 1.807) is 32.9 Å². The van der Waals surface area contributed by atoms with Gasteiger partial charge in [-0.1, -0.05) is 0 Å². The van der Waals surface area contributed by atoms with Crippen LogP contribution in [0.25, 0.3) is 0 Å². The van der Waals surface area contributed by atoms with Crippen LogP contribution in [0.2, 0.25) is 0 Å². The summed E-state index contributed by atoms with van der Waals surface area (Å²) in [6, 6.07) is 4.67. The fourth-order valence-corrected chi connectivity index (χ4v) is 1.61. The van der Waals surface area contributed by atoms with Gasteiger partial charge in [0.25, 0.3) is 0 Å². The minimum absolute atomic E-state index is 0.109. The number of Topliss-reactive ketones (excluding diaryl/α,β-unsaturated/α-hetero) is 1. The Morgan fingerprint density at radius 3 is 2.45 bits per heavy atom. The average molecular weight is 300 g/mol. The quantitative estimate of drug-likeness (QED) is 0.683. The summed E-state index contributed by atoms with van der Waals surface area (Å²) in [5, 5.41) is 2.57. The predicted molar refractivity (Wildman–Crippen MR) is 77.9 cm³/mol. The molecular formula is C14H18ClNO4. The first-order chi connectivity index (χ1) is 9.26. The molecule has 0 unspecified atom stereocenters. The molecule has 0 heterocycles. The fraction of sp³-hybridized carbons (Fsp3) is 0.429. The lowest BCUT2D eigenvalue weighted by Crippen LogP contribution is -2.27. The summed E-state index contributed by atoms with van der Waals surface area (Å²) in [5.74, 6) is 0.0442. The Morgan fingerprint density at radius 2 is 1.95 bits per heavy atom. The van der Waals surface area contributed by atoms with Gasteiger partial charge in [0.2, 0.25) is 0 Å². The second-order valence-electron chi connectivity index (χ2n) is 5.10. The maximum Gasteiger partial charge on any atom is 0.412 e. The number of hydrogen-bond donors (Lipinski definition) is 1. The van der Waals surface area contributed by atoms with Gasteiger partial charge in [-0.3, -0.25) is 10.1 Å². The van der Waals surface area contributed by atoms with Crippen LogP contribution in [0.3, 0.4) is 0 Å². The molecule has 1 rings (SSSR count). The largest absolute Gasteiger partial charge is 0.495 e. The van der Waals surface area contributed by atoms with Crippen LogP contribution in [0, 0.1) is 0 Å². The molecule has 0 atom stereocenters. The van der Waals surface area contributed by atoms with Gasteiger partial charge in [0.05, 0.1) is 18.7 Å². The molecule has 1 N–H and O–H groups in total. The van der Waals surface area contributed by atoms with Crippen molar-refractivity contribution in [2.75, 3.05) is 18.3 Å². The van der Waals surface area contributed by atoms with Gasteiger partial charge in [-0.25, -0.2) is 4.79 Å². The third kappa shape index (κ3) is 4.74. The highest BCUT2D eigenvalue weighted by Crippen LogP contribution is 2.26. The third-order valence-corrected chi connectivity index (χ3v) is 2.52. The lowest BCUT2D eigenvalue weighted by Gasteiger charge is -2.20. The highest BCUT2D eigenvalue weighted by molar-refractivity contribution is 6.30. The molecule has 1 aromatic rings. The number of rotatable bonds is 4. The van der Waals surface area contributed by atoms with Crippen molar-refractivity contribution in [2.45, 2.75) is 26.4 Å². The van der Waals surface area contributed by atoms with Crippen LogP contribution in [0.1, 0.15) is 31.1 Å². The summed E-state index contributed by atoms with van der Waals surface area (Å²) in [6.07, 6.45) is -0.591.